The first-order chi connectivity index (χ1) is 93.8. The first-order valence-electron chi connectivity index (χ1n) is 80.5. The van der Waals surface area contributed by atoms with Crippen LogP contribution in [0.3, 0.4) is 0 Å². The maximum atomic E-state index is 14.0. The van der Waals surface area contributed by atoms with Crippen LogP contribution in [0.5, 0.6) is 0 Å². The molecule has 0 spiro atoms. The Morgan fingerprint density at radius 3 is 0.700 bits per heavy atom. The predicted octanol–water partition coefficient (Wildman–Crippen LogP) is 22.9. The molecule has 10 aliphatic carbocycles. The van der Waals surface area contributed by atoms with Crippen LogP contribution in [0.4, 0.5) is 0 Å². The van der Waals surface area contributed by atoms with Gasteiger partial charge in [0.1, 0.15) is 61.0 Å². The van der Waals surface area contributed by atoms with Gasteiger partial charge in [-0.3, -0.25) is 47.9 Å². The molecule has 5 aliphatic heterocycles. The van der Waals surface area contributed by atoms with Gasteiger partial charge in [-0.1, -0.05) is 194 Å². The fourth-order valence-electron chi connectivity index (χ4n) is 23.7. The zero-order valence-electron chi connectivity index (χ0n) is 143. The normalized spacial score (nSPS) is 44.5. The van der Waals surface area contributed by atoms with E-state index in [1.807, 2.05) is 65.0 Å². The van der Waals surface area contributed by atoms with Gasteiger partial charge in [-0.25, -0.2) is 0 Å². The second kappa shape index (κ2) is 53.6. The van der Waals surface area contributed by atoms with Crippen molar-refractivity contribution in [2.45, 2.75) is 456 Å². The fourth-order valence-corrected chi connectivity index (χ4v) is 23.7. The Labute approximate surface area is 976 Å². The Bertz CT molecular complexity index is 6940. The topological polar surface area (TPSA) is 364 Å². The number of hydrogen-bond donors (Lipinski definition) is 5. The molecule has 5 fully saturated rings. The van der Waals surface area contributed by atoms with E-state index in [2.05, 4.69) is 25.5 Å². The van der Waals surface area contributed by atoms with Gasteiger partial charge in [0.25, 0.3) is 0 Å². The summed E-state index contributed by atoms with van der Waals surface area (Å²) in [6.07, 6.45) is 8.33. The van der Waals surface area contributed by atoms with E-state index >= 15 is 0 Å². The highest BCUT2D eigenvalue weighted by molar-refractivity contribution is 5.79. The summed E-state index contributed by atoms with van der Waals surface area (Å²) in [5, 5.41) is 23.1. The summed E-state index contributed by atoms with van der Waals surface area (Å²) in [5.74, 6) is -19.7. The van der Waals surface area contributed by atoms with Gasteiger partial charge >= 0.3 is 59.7 Å². The van der Waals surface area contributed by atoms with Crippen molar-refractivity contribution in [1.29, 1.82) is 7.16 Å². The van der Waals surface area contributed by atoms with Crippen molar-refractivity contribution in [2.75, 3.05) is 0 Å². The van der Waals surface area contributed by atoms with E-state index in [4.69, 9.17) is 124 Å². The van der Waals surface area contributed by atoms with Crippen molar-refractivity contribution in [3.8, 4) is 0 Å². The molecule has 0 bridgehead atoms. The van der Waals surface area contributed by atoms with Gasteiger partial charge in [0.15, 0.2) is 0 Å². The molecule has 5 heterocycles. The molecule has 0 aromatic rings. The van der Waals surface area contributed by atoms with Crippen molar-refractivity contribution in [2.24, 2.45) is 145 Å². The molecule has 0 aromatic heterocycles. The molecule has 0 amide bonds. The number of carbonyl (C=O) groups excluding carboxylic acids is 10. The van der Waals surface area contributed by atoms with Crippen LogP contribution in [-0.4, -0.2) is 184 Å². The molecule has 150 heavy (non-hydrogen) atoms. The number of aliphatic hydroxyl groups excluding tert-OH is 5. The zero-order valence-corrected chi connectivity index (χ0v) is 87.2. The summed E-state index contributed by atoms with van der Waals surface area (Å²) in [7, 11) is 0. The predicted molar refractivity (Wildman–Crippen MR) is 577 cm³/mol. The molecule has 15 rings (SSSR count). The summed E-state index contributed by atoms with van der Waals surface area (Å²) < 4.78 is 497. The molecule has 840 valence electrons. The lowest BCUT2D eigenvalue weighted by atomic mass is 9.65. The summed E-state index contributed by atoms with van der Waals surface area (Å²) in [6.45, 7) is -31.7. The number of rotatable bonds is 35. The highest BCUT2D eigenvalue weighted by Gasteiger charge is 2.52. The third-order valence-corrected chi connectivity index (χ3v) is 32.3. The molecular weight excluding hydrogens is 1900 g/mol. The standard InChI is InChI=1S/5C25H38O5/c5*1-6-25(4,5)24(28)30-21-12-15(2)11-17-8-7-16(3)20(23(17)21)10-9-19-13-18(26)14-22(27)29-19/h5*7-8,11,15-16,18-21,23,26H,6,9-10,12-14H2,1-5H3/t5*15-,16-,18+,19?,20-,21-,23-/m00000/s1/i1D3,2D3,4D3,5D3,6D2,26D;2*1D3,2D3,4D3,6D2,26D;2D3,4D3,5D3,26D;2D3,4D3,26D/tm;2*15-,16-,18+,19?,20-,21-,23-,25?;m;15-,16-,18+,19?,20-,21-,23-,25?. The minimum atomic E-state index is -4.16. The third kappa shape index (κ3) is 32.8. The maximum Gasteiger partial charge on any atom is 0.311 e. The van der Waals surface area contributed by atoms with Crippen LogP contribution in [0.25, 0.3) is 0 Å². The van der Waals surface area contributed by atoms with E-state index < -0.39 is 372 Å². The second-order valence-electron chi connectivity index (χ2n) is 44.4. The smallest absolute Gasteiger partial charge is 0.311 e. The Hall–Kier alpha value is -8.10. The van der Waals surface area contributed by atoms with E-state index in [1.165, 1.54) is 19.9 Å². The van der Waals surface area contributed by atoms with Gasteiger partial charge in [0, 0.05) is 132 Å². The van der Waals surface area contributed by atoms with Gasteiger partial charge in [-0.05, 0) is 314 Å². The number of allylic oxidation sites excluding steroid dienone is 15. The molecule has 38 atom stereocenters. The van der Waals surface area contributed by atoms with Crippen molar-refractivity contribution in [3.63, 3.8) is 0 Å². The monoisotopic (exact) mass is 2150 g/mol. The van der Waals surface area contributed by atoms with Crippen LogP contribution in [0.1, 0.15) is 434 Å². The summed E-state index contributed by atoms with van der Waals surface area (Å²) in [5.41, 5.74) is -11.9. The van der Waals surface area contributed by atoms with Crippen LogP contribution in [0.15, 0.2) is 119 Å². The SMILES string of the molecule is [2H]O[C@H]1CC(=O)OC(CC[C@@H]2[C@@H]3C(=C[C@H](C([2H])([2H])[2H])C[C@@H]3OC(=O)C(C([2H])([2H])[2H])(C([2H])([2H])[2H])C([2H])([2H])C([2H])([2H])[2H])C=C[C@@H]2C)C1.[2H]O[C@H]1CC(=O)OC(CC[C@@H]2[C@@H]3C(=C[C@H](C([2H])([2H])[2H])C[C@@H]3OC(=O)C(C)(C([2H])([2H])[2H])C([2H])([2H])C([2H])([2H])[2H])C=C[C@@H]2C)C1.[2H]O[C@H]1CC(=O)OC(CC[C@@H]2[C@@H]3C(=C[C@H](C([2H])([2H])[2H])C[C@@H]3OC(=O)C(C)(C([2H])([2H])[2H])C([2H])([2H])C([2H])([2H])[2H])C=C[C@@H]2C)C1.[2H]O[C@H]1CC(=O)OC(CC[C@@H]2[C@@H]3C(=C[C@H](C([2H])([2H])[2H])C[C@@H]3OC(=O)C(C)(CC)C([2H])([2H])[2H])C=C[C@@H]2C)C1.[2H]O[C@H]1CC(=O)OC(CC[C@@H]2[C@@H]3C(=C[C@H](C([2H])([2H])[2H])C[C@@H]3OC(=O)C(CC)(C([2H])([2H])[2H])C([2H])([2H])[2H])C=C[C@@H]2C)C1. The van der Waals surface area contributed by atoms with Crippen LogP contribution < -0.4 is 0 Å². The maximum absolute atomic E-state index is 14.0. The van der Waals surface area contributed by atoms with Gasteiger partial charge in [-0.2, -0.15) is 0 Å². The van der Waals surface area contributed by atoms with Crippen LogP contribution in [0, 0.1) is 145 Å². The number of carbonyl (C=O) groups is 10. The molecule has 0 radical (unpaired) electrons. The number of cyclic esters (lactones) is 5. The first kappa shape index (κ1) is 65.2. The summed E-state index contributed by atoms with van der Waals surface area (Å²) >= 11 is 0. The lowest BCUT2D eigenvalue weighted by Gasteiger charge is -2.44. The third-order valence-electron chi connectivity index (χ3n) is 32.3. The minimum Gasteiger partial charge on any atom is -0.462 e. The lowest BCUT2D eigenvalue weighted by molar-refractivity contribution is -0.166. The van der Waals surface area contributed by atoms with E-state index in [0.717, 1.165) is 5.57 Å². The molecule has 0 aromatic carbocycles. The quantitative estimate of drug-likeness (QED) is 0.0291. The van der Waals surface area contributed by atoms with E-state index in [9.17, 15) is 47.9 Å². The van der Waals surface area contributed by atoms with Gasteiger partial charge in [0.05, 0.1) is 89.7 Å². The summed E-state index contributed by atoms with van der Waals surface area (Å²) in [6, 6.07) is 0. The van der Waals surface area contributed by atoms with Crippen LogP contribution in [-0.2, 0) is 95.3 Å². The Balaban J connectivity index is 0.000000236. The molecule has 5 saturated heterocycles. The molecular formula is C125H190O25. The number of ether oxygens (including phenoxy) is 10. The van der Waals surface area contributed by atoms with E-state index in [0.29, 0.717) is 120 Å². The summed E-state index contributed by atoms with van der Waals surface area (Å²) in [4.78, 5) is 128. The largest absolute Gasteiger partial charge is 0.462 e. The number of aliphatic hydroxyl groups is 5. The van der Waals surface area contributed by atoms with Crippen LogP contribution >= 0.6 is 0 Å². The molecule has 25 heteroatoms. The van der Waals surface area contributed by atoms with E-state index in [1.54, 1.807) is 61.6 Å². The zero-order chi connectivity index (χ0) is 157. The van der Waals surface area contributed by atoms with Crippen molar-refractivity contribution < 1.29 is 191 Å². The van der Waals surface area contributed by atoms with Crippen LogP contribution in [0.2, 0.25) is 0 Å². The number of hydrogen-bond acceptors (Lipinski definition) is 25. The average molecular weight is 2150 g/mol. The van der Waals surface area contributed by atoms with Crippen molar-refractivity contribution >= 4 is 59.7 Å². The van der Waals surface area contributed by atoms with Gasteiger partial charge in [-0.15, -0.1) is 0 Å². The molecule has 25 nitrogen and oxygen atoms in total. The molecule has 15 aliphatic rings. The fraction of sp³-hybridized carbons (Fsp3) is 0.760. The van der Waals surface area contributed by atoms with Gasteiger partial charge in [0.2, 0.25) is 7.16 Å². The van der Waals surface area contributed by atoms with E-state index in [-0.39, 0.29) is 136 Å². The molecule has 8 unspecified atom stereocenters. The number of fused-ring (bicyclic) bond motifs is 5. The van der Waals surface area contributed by atoms with Crippen molar-refractivity contribution in [1.82, 2.24) is 0 Å². The Morgan fingerprint density at radius 2 is 0.507 bits per heavy atom. The first-order valence-corrected chi connectivity index (χ1v) is 53.0. The lowest BCUT2D eigenvalue weighted by Crippen LogP contribution is -2.43. The second-order valence-corrected chi connectivity index (χ2v) is 44.4. The number of esters is 10. The van der Waals surface area contributed by atoms with Crippen molar-refractivity contribution in [3.05, 3.63) is 119 Å². The molecule has 5 N–H and O–H groups in total. The Morgan fingerprint density at radius 1 is 0.307 bits per heavy atom. The average Bonchev–Trinajstić information content (AvgIpc) is 0.688. The highest BCUT2D eigenvalue weighted by atomic mass is 16.6. The highest BCUT2D eigenvalue weighted by Crippen LogP contribution is 2.54. The minimum absolute atomic E-state index is 0.00121. The Kier molecular flexibility index (Phi) is 23.3. The van der Waals surface area contributed by atoms with Gasteiger partial charge < -0.3 is 72.9 Å². The molecule has 0 saturated carbocycles.